The Balaban J connectivity index is 1.23. The number of nitrogens with zero attached hydrogens (tertiary/aromatic N) is 3. The van der Waals surface area contributed by atoms with E-state index >= 15 is 0 Å². The normalized spacial score (nSPS) is 16.2. The average molecular weight is 409 g/mol. The highest BCUT2D eigenvalue weighted by atomic mass is 16.5. The molecule has 0 fully saturated rings. The first kappa shape index (κ1) is 20.5. The van der Waals surface area contributed by atoms with Crippen molar-refractivity contribution in [3.8, 4) is 5.75 Å². The standard InChI is InChI=1S/C23H28N4O3/c1-26-16-25-22-7-6-20(10-23(22)26)30-21(15-28)12-24-11-19(29)14-27-9-8-17-4-2-3-5-18(17)13-27/h2-7,10,15-16,19,21,24,29H,8-9,11-14H2,1H3. The summed E-state index contributed by atoms with van der Waals surface area (Å²) in [5.41, 5.74) is 4.57. The Bertz CT molecular complexity index is 1000. The third-order valence-electron chi connectivity index (χ3n) is 5.54. The summed E-state index contributed by atoms with van der Waals surface area (Å²) in [6.45, 7) is 3.17. The van der Waals surface area contributed by atoms with Gasteiger partial charge >= 0.3 is 0 Å². The van der Waals surface area contributed by atoms with Gasteiger partial charge < -0.3 is 19.7 Å². The molecule has 158 valence electrons. The van der Waals surface area contributed by atoms with Crippen LogP contribution in [0.1, 0.15) is 11.1 Å². The summed E-state index contributed by atoms with van der Waals surface area (Å²) < 4.78 is 7.71. The molecule has 1 aliphatic heterocycles. The number of carbonyl (C=O) groups excluding carboxylic acids is 1. The first-order valence-electron chi connectivity index (χ1n) is 10.3. The smallest absolute Gasteiger partial charge is 0.166 e. The van der Waals surface area contributed by atoms with Crippen LogP contribution >= 0.6 is 0 Å². The summed E-state index contributed by atoms with van der Waals surface area (Å²) in [4.78, 5) is 18.0. The van der Waals surface area contributed by atoms with Gasteiger partial charge in [0, 0.05) is 45.8 Å². The van der Waals surface area contributed by atoms with Gasteiger partial charge in [-0.3, -0.25) is 9.69 Å². The molecule has 3 aromatic rings. The fourth-order valence-electron chi connectivity index (χ4n) is 3.94. The molecule has 2 aromatic carbocycles. The van der Waals surface area contributed by atoms with Crippen molar-refractivity contribution in [1.29, 1.82) is 0 Å². The van der Waals surface area contributed by atoms with Crippen LogP contribution in [0.3, 0.4) is 0 Å². The van der Waals surface area contributed by atoms with E-state index in [1.165, 1.54) is 11.1 Å². The first-order valence-corrected chi connectivity index (χ1v) is 10.3. The number of rotatable bonds is 9. The van der Waals surface area contributed by atoms with E-state index in [2.05, 4.69) is 39.5 Å². The van der Waals surface area contributed by atoms with Crippen molar-refractivity contribution in [3.63, 3.8) is 0 Å². The second-order valence-electron chi connectivity index (χ2n) is 7.86. The zero-order chi connectivity index (χ0) is 20.9. The van der Waals surface area contributed by atoms with Crippen molar-refractivity contribution in [1.82, 2.24) is 19.8 Å². The average Bonchev–Trinajstić information content (AvgIpc) is 3.13. The van der Waals surface area contributed by atoms with E-state index in [0.29, 0.717) is 25.4 Å². The van der Waals surface area contributed by atoms with E-state index in [-0.39, 0.29) is 0 Å². The predicted octanol–water partition coefficient (Wildman–Crippen LogP) is 1.53. The number of aliphatic hydroxyl groups is 1. The lowest BCUT2D eigenvalue weighted by atomic mass is 10.00. The summed E-state index contributed by atoms with van der Waals surface area (Å²) in [6, 6.07) is 14.0. The van der Waals surface area contributed by atoms with Gasteiger partial charge in [0.15, 0.2) is 12.4 Å². The van der Waals surface area contributed by atoms with Gasteiger partial charge in [-0.05, 0) is 29.7 Å². The van der Waals surface area contributed by atoms with E-state index in [4.69, 9.17) is 4.74 Å². The van der Waals surface area contributed by atoms with E-state index in [1.54, 1.807) is 6.33 Å². The van der Waals surface area contributed by atoms with Crippen molar-refractivity contribution in [3.05, 3.63) is 59.9 Å². The lowest BCUT2D eigenvalue weighted by Gasteiger charge is -2.30. The molecule has 30 heavy (non-hydrogen) atoms. The second kappa shape index (κ2) is 9.38. The lowest BCUT2D eigenvalue weighted by Crippen LogP contribution is -2.43. The minimum atomic E-state index is -0.621. The third kappa shape index (κ3) is 4.87. The molecule has 2 heterocycles. The number of β-amino-alcohol motifs (C(OH)–C–C–N with tert-alkyl or cyclic N) is 1. The Hall–Kier alpha value is -2.74. The number of benzene rings is 2. The Morgan fingerprint density at radius 2 is 2.07 bits per heavy atom. The number of carbonyl (C=O) groups is 1. The Morgan fingerprint density at radius 3 is 2.90 bits per heavy atom. The summed E-state index contributed by atoms with van der Waals surface area (Å²) >= 11 is 0. The number of nitrogens with one attached hydrogen (secondary N) is 1. The number of fused-ring (bicyclic) bond motifs is 2. The number of hydrogen-bond donors (Lipinski definition) is 2. The molecule has 1 aromatic heterocycles. The highest BCUT2D eigenvalue weighted by Gasteiger charge is 2.19. The van der Waals surface area contributed by atoms with Crippen LogP contribution < -0.4 is 10.1 Å². The fraction of sp³-hybridized carbons (Fsp3) is 0.391. The lowest BCUT2D eigenvalue weighted by molar-refractivity contribution is -0.113. The molecule has 2 N–H and O–H groups in total. The molecule has 2 atom stereocenters. The number of hydrogen-bond acceptors (Lipinski definition) is 6. The topological polar surface area (TPSA) is 79.6 Å². The van der Waals surface area contributed by atoms with Crippen molar-refractivity contribution in [2.75, 3.05) is 26.2 Å². The molecule has 1 aliphatic rings. The monoisotopic (exact) mass is 408 g/mol. The molecule has 0 saturated carbocycles. The van der Waals surface area contributed by atoms with Crippen LogP contribution in [-0.2, 0) is 24.8 Å². The van der Waals surface area contributed by atoms with E-state index in [0.717, 1.165) is 36.8 Å². The highest BCUT2D eigenvalue weighted by molar-refractivity contribution is 5.77. The van der Waals surface area contributed by atoms with Crippen molar-refractivity contribution in [2.24, 2.45) is 7.05 Å². The van der Waals surface area contributed by atoms with Crippen molar-refractivity contribution >= 4 is 17.3 Å². The number of imidazole rings is 1. The molecule has 7 nitrogen and oxygen atoms in total. The zero-order valence-electron chi connectivity index (χ0n) is 17.2. The van der Waals surface area contributed by atoms with Gasteiger partial charge in [-0.15, -0.1) is 0 Å². The number of aliphatic hydroxyl groups excluding tert-OH is 1. The molecule has 2 unspecified atom stereocenters. The maximum atomic E-state index is 11.4. The first-order chi connectivity index (χ1) is 14.6. The van der Waals surface area contributed by atoms with Crippen LogP contribution in [0, 0.1) is 0 Å². The molecule has 0 aliphatic carbocycles. The van der Waals surface area contributed by atoms with Gasteiger partial charge in [0.05, 0.1) is 23.5 Å². The number of aldehydes is 1. The Kier molecular flexibility index (Phi) is 6.42. The van der Waals surface area contributed by atoms with Crippen LogP contribution in [0.4, 0.5) is 0 Å². The number of aromatic nitrogens is 2. The van der Waals surface area contributed by atoms with Crippen molar-refractivity contribution < 1.29 is 14.6 Å². The fourth-order valence-corrected chi connectivity index (χ4v) is 3.94. The largest absolute Gasteiger partial charge is 0.482 e. The second-order valence-corrected chi connectivity index (χ2v) is 7.86. The van der Waals surface area contributed by atoms with Crippen LogP contribution in [0.25, 0.3) is 11.0 Å². The molecule has 0 bridgehead atoms. The number of aryl methyl sites for hydroxylation is 1. The molecule has 0 amide bonds. The summed E-state index contributed by atoms with van der Waals surface area (Å²) in [5.74, 6) is 0.623. The van der Waals surface area contributed by atoms with Crippen LogP contribution in [0.2, 0.25) is 0 Å². The SMILES string of the molecule is Cn1cnc2ccc(OC(C=O)CNCC(O)CN3CCc4ccccc4C3)cc21. The van der Waals surface area contributed by atoms with Gasteiger partial charge in [-0.1, -0.05) is 24.3 Å². The number of ether oxygens (including phenoxy) is 1. The van der Waals surface area contributed by atoms with Crippen LogP contribution in [0.5, 0.6) is 5.75 Å². The van der Waals surface area contributed by atoms with E-state index in [9.17, 15) is 9.90 Å². The van der Waals surface area contributed by atoms with E-state index in [1.807, 2.05) is 29.8 Å². The van der Waals surface area contributed by atoms with Crippen molar-refractivity contribution in [2.45, 2.75) is 25.2 Å². The summed E-state index contributed by atoms with van der Waals surface area (Å²) in [5, 5.41) is 13.6. The minimum absolute atomic E-state index is 0.340. The Morgan fingerprint density at radius 1 is 1.23 bits per heavy atom. The maximum absolute atomic E-state index is 11.4. The molecule has 7 heteroatoms. The molecular formula is C23H28N4O3. The molecule has 0 radical (unpaired) electrons. The summed E-state index contributed by atoms with van der Waals surface area (Å²) in [6.07, 6.45) is 2.42. The molecule has 4 rings (SSSR count). The minimum Gasteiger partial charge on any atom is -0.482 e. The molecule has 0 spiro atoms. The van der Waals surface area contributed by atoms with Gasteiger partial charge in [-0.2, -0.15) is 0 Å². The van der Waals surface area contributed by atoms with E-state index < -0.39 is 12.2 Å². The Labute approximate surface area is 176 Å². The zero-order valence-corrected chi connectivity index (χ0v) is 17.2. The third-order valence-corrected chi connectivity index (χ3v) is 5.54. The van der Waals surface area contributed by atoms with Gasteiger partial charge in [-0.25, -0.2) is 4.98 Å². The van der Waals surface area contributed by atoms with Crippen LogP contribution in [0.15, 0.2) is 48.8 Å². The van der Waals surface area contributed by atoms with Crippen LogP contribution in [-0.4, -0.2) is 64.2 Å². The quantitative estimate of drug-likeness (QED) is 0.523. The maximum Gasteiger partial charge on any atom is 0.166 e. The van der Waals surface area contributed by atoms with Gasteiger partial charge in [0.1, 0.15) is 5.75 Å². The molecule has 0 saturated heterocycles. The summed E-state index contributed by atoms with van der Waals surface area (Å²) in [7, 11) is 1.92. The van der Waals surface area contributed by atoms with Gasteiger partial charge in [0.25, 0.3) is 0 Å². The highest BCUT2D eigenvalue weighted by Crippen LogP contribution is 2.20. The van der Waals surface area contributed by atoms with Gasteiger partial charge in [0.2, 0.25) is 0 Å². The predicted molar refractivity (Wildman–Crippen MR) is 115 cm³/mol. The molecular weight excluding hydrogens is 380 g/mol.